The second-order valence-electron chi connectivity index (χ2n) is 12.2. The van der Waals surface area contributed by atoms with Crippen LogP contribution in [0.4, 0.5) is 0 Å². The van der Waals surface area contributed by atoms with Crippen molar-refractivity contribution in [2.24, 2.45) is 29.1 Å². The Kier molecular flexibility index (Phi) is 10.1. The van der Waals surface area contributed by atoms with Crippen LogP contribution in [-0.2, 0) is 4.74 Å². The molecule has 0 N–H and O–H groups in total. The van der Waals surface area contributed by atoms with Gasteiger partial charge in [-0.2, -0.15) is 0 Å². The number of hydrogen-bond acceptors (Lipinski definition) is 1. The van der Waals surface area contributed by atoms with Crippen LogP contribution in [0, 0.1) is 29.1 Å². The summed E-state index contributed by atoms with van der Waals surface area (Å²) in [5, 5.41) is 0. The standard InChI is InChI=1S/C29H54O/c1-5-6-7-8-9-10-11-15-25-21-26(22-25)19-18-24(3)17-16-23(2)14-12-13-20-29(4)27-28(29)30-27/h23-28H,5-22H2,1-4H3. The summed E-state index contributed by atoms with van der Waals surface area (Å²) in [6, 6.07) is 0. The van der Waals surface area contributed by atoms with Gasteiger partial charge >= 0.3 is 0 Å². The molecule has 1 heterocycles. The van der Waals surface area contributed by atoms with E-state index in [0.717, 1.165) is 23.7 Å². The highest BCUT2D eigenvalue weighted by Crippen LogP contribution is 2.66. The molecular formula is C29H54O. The predicted molar refractivity (Wildman–Crippen MR) is 131 cm³/mol. The SMILES string of the molecule is CCCCCCCCCC1CC(CCC(C)CCC(C)CCCCC2(C)C3OC32)C1. The van der Waals surface area contributed by atoms with E-state index in [1.165, 1.54) is 103 Å². The van der Waals surface area contributed by atoms with E-state index in [1.54, 1.807) is 12.8 Å². The number of hydrogen-bond donors (Lipinski definition) is 0. The molecule has 1 aliphatic heterocycles. The molecule has 0 bridgehead atoms. The third-order valence-electron chi connectivity index (χ3n) is 9.11. The van der Waals surface area contributed by atoms with Crippen LogP contribution in [0.2, 0.25) is 0 Å². The van der Waals surface area contributed by atoms with Gasteiger partial charge in [0.2, 0.25) is 0 Å². The fraction of sp³-hybridized carbons (Fsp3) is 1.00. The maximum atomic E-state index is 5.46. The number of rotatable bonds is 19. The molecule has 3 aliphatic rings. The van der Waals surface area contributed by atoms with Gasteiger partial charge in [-0.15, -0.1) is 0 Å². The topological polar surface area (TPSA) is 12.5 Å². The highest BCUT2D eigenvalue weighted by Gasteiger charge is 2.76. The summed E-state index contributed by atoms with van der Waals surface area (Å²) < 4.78 is 5.46. The largest absolute Gasteiger partial charge is 0.368 e. The number of epoxide rings is 1. The van der Waals surface area contributed by atoms with E-state index < -0.39 is 0 Å². The van der Waals surface area contributed by atoms with Crippen molar-refractivity contribution in [1.82, 2.24) is 0 Å². The first kappa shape index (κ1) is 24.6. The zero-order valence-corrected chi connectivity index (χ0v) is 21.1. The molecule has 4 unspecified atom stereocenters. The van der Waals surface area contributed by atoms with Crippen molar-refractivity contribution in [1.29, 1.82) is 0 Å². The molecule has 176 valence electrons. The Morgan fingerprint density at radius 2 is 1.30 bits per heavy atom. The Morgan fingerprint density at radius 3 is 1.93 bits per heavy atom. The zero-order chi connectivity index (χ0) is 21.4. The molecule has 2 saturated carbocycles. The Morgan fingerprint density at radius 1 is 0.700 bits per heavy atom. The monoisotopic (exact) mass is 418 g/mol. The zero-order valence-electron chi connectivity index (χ0n) is 21.1. The summed E-state index contributed by atoms with van der Waals surface area (Å²) in [5.41, 5.74) is 0.604. The average Bonchev–Trinajstić information content (AvgIpc) is 3.61. The second kappa shape index (κ2) is 12.3. The van der Waals surface area contributed by atoms with Gasteiger partial charge in [0, 0.05) is 5.41 Å². The fourth-order valence-electron chi connectivity index (χ4n) is 6.23. The first-order chi connectivity index (χ1) is 14.5. The Balaban J connectivity index is 1.07. The van der Waals surface area contributed by atoms with Crippen LogP contribution in [0.5, 0.6) is 0 Å². The van der Waals surface area contributed by atoms with Gasteiger partial charge in [-0.25, -0.2) is 0 Å². The van der Waals surface area contributed by atoms with E-state index in [9.17, 15) is 0 Å². The molecular weight excluding hydrogens is 364 g/mol. The third kappa shape index (κ3) is 7.83. The fourth-order valence-corrected chi connectivity index (χ4v) is 6.23. The van der Waals surface area contributed by atoms with E-state index in [2.05, 4.69) is 27.7 Å². The van der Waals surface area contributed by atoms with E-state index in [0.29, 0.717) is 17.6 Å². The quantitative estimate of drug-likeness (QED) is 0.150. The van der Waals surface area contributed by atoms with Crippen molar-refractivity contribution in [3.8, 4) is 0 Å². The minimum absolute atomic E-state index is 0.604. The molecule has 0 spiro atoms. The van der Waals surface area contributed by atoms with Crippen molar-refractivity contribution >= 4 is 0 Å². The van der Waals surface area contributed by atoms with Gasteiger partial charge in [-0.3, -0.25) is 0 Å². The van der Waals surface area contributed by atoms with Crippen molar-refractivity contribution in [2.75, 3.05) is 0 Å². The maximum Gasteiger partial charge on any atom is 0.0927 e. The molecule has 0 aromatic heterocycles. The molecule has 2 aliphatic carbocycles. The normalized spacial score (nSPS) is 33.6. The van der Waals surface area contributed by atoms with Crippen LogP contribution in [0.25, 0.3) is 0 Å². The van der Waals surface area contributed by atoms with E-state index >= 15 is 0 Å². The summed E-state index contributed by atoms with van der Waals surface area (Å²) >= 11 is 0. The van der Waals surface area contributed by atoms with Crippen molar-refractivity contribution in [3.63, 3.8) is 0 Å². The van der Waals surface area contributed by atoms with Crippen LogP contribution in [0.1, 0.15) is 143 Å². The van der Waals surface area contributed by atoms with E-state index in [4.69, 9.17) is 4.74 Å². The van der Waals surface area contributed by atoms with Gasteiger partial charge < -0.3 is 4.74 Å². The van der Waals surface area contributed by atoms with Crippen molar-refractivity contribution in [3.05, 3.63) is 0 Å². The molecule has 1 saturated heterocycles. The van der Waals surface area contributed by atoms with Gasteiger partial charge in [0.25, 0.3) is 0 Å². The van der Waals surface area contributed by atoms with Crippen molar-refractivity contribution < 1.29 is 4.74 Å². The molecule has 3 fully saturated rings. The van der Waals surface area contributed by atoms with E-state index in [1.807, 2.05) is 0 Å². The first-order valence-corrected chi connectivity index (χ1v) is 14.2. The number of fused-ring (bicyclic) bond motifs is 1. The lowest BCUT2D eigenvalue weighted by molar-refractivity contribution is 0.132. The molecule has 0 aromatic rings. The molecule has 0 aromatic carbocycles. The van der Waals surface area contributed by atoms with Crippen molar-refractivity contribution in [2.45, 2.75) is 155 Å². The average molecular weight is 419 g/mol. The molecule has 1 nitrogen and oxygen atoms in total. The van der Waals surface area contributed by atoms with Gasteiger partial charge in [0.05, 0.1) is 12.2 Å². The summed E-state index contributed by atoms with van der Waals surface area (Å²) in [7, 11) is 0. The molecule has 30 heavy (non-hydrogen) atoms. The highest BCUT2D eigenvalue weighted by molar-refractivity contribution is 5.23. The lowest BCUT2D eigenvalue weighted by atomic mass is 9.70. The lowest BCUT2D eigenvalue weighted by Crippen LogP contribution is -2.24. The molecule has 0 amide bonds. The van der Waals surface area contributed by atoms with Crippen LogP contribution in [0.3, 0.4) is 0 Å². The molecule has 0 radical (unpaired) electrons. The molecule has 1 heteroatoms. The second-order valence-corrected chi connectivity index (χ2v) is 12.2. The third-order valence-corrected chi connectivity index (χ3v) is 9.11. The number of ether oxygens (including phenoxy) is 1. The lowest BCUT2D eigenvalue weighted by Gasteiger charge is -2.36. The molecule has 4 atom stereocenters. The number of unbranched alkanes of at least 4 members (excludes halogenated alkanes) is 7. The van der Waals surface area contributed by atoms with Gasteiger partial charge in [0.15, 0.2) is 0 Å². The van der Waals surface area contributed by atoms with Gasteiger partial charge in [-0.05, 0) is 42.9 Å². The van der Waals surface area contributed by atoms with Crippen LogP contribution < -0.4 is 0 Å². The minimum atomic E-state index is 0.604. The van der Waals surface area contributed by atoms with Gasteiger partial charge in [-0.1, -0.05) is 124 Å². The Labute approximate surface area is 189 Å². The smallest absolute Gasteiger partial charge is 0.0927 e. The van der Waals surface area contributed by atoms with Crippen LogP contribution >= 0.6 is 0 Å². The van der Waals surface area contributed by atoms with Gasteiger partial charge in [0.1, 0.15) is 0 Å². The summed E-state index contributed by atoms with van der Waals surface area (Å²) in [4.78, 5) is 0. The minimum Gasteiger partial charge on any atom is -0.368 e. The molecule has 3 rings (SSSR count). The first-order valence-electron chi connectivity index (χ1n) is 14.2. The van der Waals surface area contributed by atoms with E-state index in [-0.39, 0.29) is 0 Å². The predicted octanol–water partition coefficient (Wildman–Crippen LogP) is 9.33. The summed E-state index contributed by atoms with van der Waals surface area (Å²) in [6.45, 7) is 9.75. The maximum absolute atomic E-state index is 5.46. The Hall–Kier alpha value is -0.0400. The Bertz CT molecular complexity index is 457. The van der Waals surface area contributed by atoms with Crippen LogP contribution in [-0.4, -0.2) is 12.2 Å². The summed E-state index contributed by atoms with van der Waals surface area (Å²) in [6.07, 6.45) is 27.9. The highest BCUT2D eigenvalue weighted by atomic mass is 16.6. The van der Waals surface area contributed by atoms with Crippen LogP contribution in [0.15, 0.2) is 0 Å². The summed E-state index contributed by atoms with van der Waals surface area (Å²) in [5.74, 6) is 4.05.